The van der Waals surface area contributed by atoms with Crippen molar-refractivity contribution in [3.05, 3.63) is 151 Å². The molecule has 0 radical (unpaired) electrons. The first kappa shape index (κ1) is 43.9. The zero-order valence-electron chi connectivity index (χ0n) is 33.9. The minimum Gasteiger partial charge on any atom is -0.489 e. The Morgan fingerprint density at radius 1 is 0.797 bits per heavy atom. The summed E-state index contributed by atoms with van der Waals surface area (Å²) < 4.78 is 17.2. The van der Waals surface area contributed by atoms with E-state index in [4.69, 9.17) is 14.2 Å². The normalized spacial score (nSPS) is 13.4. The van der Waals surface area contributed by atoms with Crippen LogP contribution in [0, 0.1) is 5.92 Å². The van der Waals surface area contributed by atoms with Crippen LogP contribution in [0.25, 0.3) is 11.1 Å². The van der Waals surface area contributed by atoms with E-state index in [2.05, 4.69) is 41.2 Å². The molecular weight excluding hydrogens is 747 g/mol. The Hall–Kier alpha value is -6.20. The number of amides is 3. The molecule has 4 aromatic carbocycles. The standard InChI is InChI=1S/C48H55N3O8/c1-5-7-22-43(50-47(56)58-31-42-40-20-13-11-18-38(40)39-19-12-14-21-41(39)42)46(55)59-32-48(3,4)51-45(54)35(15-6-2)28-44(53)49-36(29-52)27-33-23-25-37(26-24-33)57-30-34-16-9-8-10-17-34/h5-6,8-14,16-21,23-26,35-36,42-43,52H,1-2,7,15,22,27-32H2,3-4H3,(H,49,53)(H,50,56)(H,51,54)/t35-,36-,43-/m0/s1. The molecule has 0 bridgehead atoms. The molecule has 3 amide bonds. The lowest BCUT2D eigenvalue weighted by Gasteiger charge is -2.29. The second kappa shape index (κ2) is 21.5. The van der Waals surface area contributed by atoms with Crippen molar-refractivity contribution in [1.82, 2.24) is 16.0 Å². The van der Waals surface area contributed by atoms with Crippen molar-refractivity contribution in [2.24, 2.45) is 5.92 Å². The predicted octanol–water partition coefficient (Wildman–Crippen LogP) is 7.18. The Labute approximate surface area is 346 Å². The van der Waals surface area contributed by atoms with Crippen molar-refractivity contribution in [3.8, 4) is 16.9 Å². The first-order valence-corrected chi connectivity index (χ1v) is 20.0. The summed E-state index contributed by atoms with van der Waals surface area (Å²) in [4.78, 5) is 53.0. The highest BCUT2D eigenvalue weighted by Gasteiger charge is 2.32. The van der Waals surface area contributed by atoms with Gasteiger partial charge in [0.05, 0.1) is 24.1 Å². The average molecular weight is 802 g/mol. The second-order valence-electron chi connectivity index (χ2n) is 15.4. The van der Waals surface area contributed by atoms with Crippen LogP contribution < -0.4 is 20.7 Å². The highest BCUT2D eigenvalue weighted by molar-refractivity contribution is 5.86. The van der Waals surface area contributed by atoms with E-state index in [9.17, 15) is 24.3 Å². The SMILES string of the molecule is C=CCC[C@H](NC(=O)OCC1c2ccccc2-c2ccccc21)C(=O)OCC(C)(C)NC(=O)[C@@H](CC=C)CC(=O)N[C@H](CO)Cc1ccc(OCc2ccccc2)cc1. The monoisotopic (exact) mass is 801 g/mol. The van der Waals surface area contributed by atoms with Crippen LogP contribution in [0.1, 0.15) is 67.7 Å². The summed E-state index contributed by atoms with van der Waals surface area (Å²) in [7, 11) is 0. The van der Waals surface area contributed by atoms with Gasteiger partial charge in [-0.25, -0.2) is 9.59 Å². The van der Waals surface area contributed by atoms with Crippen LogP contribution in [-0.2, 0) is 36.9 Å². The molecule has 0 heterocycles. The fourth-order valence-electron chi connectivity index (χ4n) is 7.04. The molecule has 0 unspecified atom stereocenters. The highest BCUT2D eigenvalue weighted by Crippen LogP contribution is 2.44. The van der Waals surface area contributed by atoms with Gasteiger partial charge in [0, 0.05) is 12.3 Å². The summed E-state index contributed by atoms with van der Waals surface area (Å²) in [5.41, 5.74) is 5.28. The molecule has 0 saturated heterocycles. The van der Waals surface area contributed by atoms with E-state index < -0.39 is 47.4 Å². The minimum absolute atomic E-state index is 0.0895. The Morgan fingerprint density at radius 2 is 1.44 bits per heavy atom. The van der Waals surface area contributed by atoms with Gasteiger partial charge in [-0.2, -0.15) is 0 Å². The maximum absolute atomic E-state index is 13.5. The summed E-state index contributed by atoms with van der Waals surface area (Å²) in [6.45, 7) is 10.9. The maximum atomic E-state index is 13.5. The molecule has 310 valence electrons. The number of ether oxygens (including phenoxy) is 3. The molecule has 0 fully saturated rings. The molecule has 0 saturated carbocycles. The molecule has 59 heavy (non-hydrogen) atoms. The van der Waals surface area contributed by atoms with Gasteiger partial charge in [0.25, 0.3) is 0 Å². The molecule has 5 rings (SSSR count). The van der Waals surface area contributed by atoms with E-state index in [0.717, 1.165) is 33.4 Å². The number of aliphatic hydroxyl groups is 1. The van der Waals surface area contributed by atoms with Crippen molar-refractivity contribution in [3.63, 3.8) is 0 Å². The number of rotatable bonds is 22. The second-order valence-corrected chi connectivity index (χ2v) is 15.4. The van der Waals surface area contributed by atoms with Crippen LogP contribution in [-0.4, -0.2) is 66.4 Å². The number of hydrogen-bond donors (Lipinski definition) is 4. The van der Waals surface area contributed by atoms with Crippen LogP contribution in [0.2, 0.25) is 0 Å². The maximum Gasteiger partial charge on any atom is 0.407 e. The molecule has 0 aromatic heterocycles. The largest absolute Gasteiger partial charge is 0.489 e. The molecular formula is C48H55N3O8. The molecule has 1 aliphatic carbocycles. The predicted molar refractivity (Wildman–Crippen MR) is 227 cm³/mol. The van der Waals surface area contributed by atoms with Crippen LogP contribution in [0.5, 0.6) is 5.75 Å². The summed E-state index contributed by atoms with van der Waals surface area (Å²) in [6.07, 6.45) is 3.57. The number of hydrogen-bond acceptors (Lipinski definition) is 8. The zero-order chi connectivity index (χ0) is 42.2. The van der Waals surface area contributed by atoms with Crippen LogP contribution in [0.15, 0.2) is 128 Å². The quantitative estimate of drug-likeness (QED) is 0.0482. The lowest BCUT2D eigenvalue weighted by molar-refractivity contribution is -0.149. The van der Waals surface area contributed by atoms with Crippen molar-refractivity contribution in [1.29, 1.82) is 0 Å². The number of alkyl carbamates (subject to hydrolysis) is 1. The number of carbonyl (C=O) groups is 4. The molecule has 1 aliphatic rings. The molecule has 4 aromatic rings. The van der Waals surface area contributed by atoms with E-state index in [1.54, 1.807) is 26.0 Å². The topological polar surface area (TPSA) is 152 Å². The van der Waals surface area contributed by atoms with Gasteiger partial charge in [-0.05, 0) is 85.0 Å². The fourth-order valence-corrected chi connectivity index (χ4v) is 7.04. The van der Waals surface area contributed by atoms with Crippen LogP contribution >= 0.6 is 0 Å². The fraction of sp³-hybridized carbons (Fsp3) is 0.333. The van der Waals surface area contributed by atoms with Crippen LogP contribution in [0.3, 0.4) is 0 Å². The first-order chi connectivity index (χ1) is 28.5. The molecule has 11 nitrogen and oxygen atoms in total. The summed E-state index contributed by atoms with van der Waals surface area (Å²) >= 11 is 0. The van der Waals surface area contributed by atoms with E-state index in [-0.39, 0.29) is 45.0 Å². The van der Waals surface area contributed by atoms with Crippen molar-refractivity contribution in [2.45, 2.75) is 76.1 Å². The third-order valence-electron chi connectivity index (χ3n) is 10.1. The van der Waals surface area contributed by atoms with Gasteiger partial charge >= 0.3 is 12.1 Å². The Balaban J connectivity index is 1.08. The van der Waals surface area contributed by atoms with Gasteiger partial charge in [-0.3, -0.25) is 9.59 Å². The van der Waals surface area contributed by atoms with E-state index in [1.807, 2.05) is 91.0 Å². The van der Waals surface area contributed by atoms with Crippen molar-refractivity contribution in [2.75, 3.05) is 19.8 Å². The number of esters is 1. The Morgan fingerprint density at radius 3 is 2.07 bits per heavy atom. The number of benzene rings is 4. The first-order valence-electron chi connectivity index (χ1n) is 20.0. The number of aliphatic hydroxyl groups excluding tert-OH is 1. The lowest BCUT2D eigenvalue weighted by Crippen LogP contribution is -2.51. The Bertz CT molecular complexity index is 2000. The van der Waals surface area contributed by atoms with Crippen molar-refractivity contribution >= 4 is 23.9 Å². The van der Waals surface area contributed by atoms with Crippen molar-refractivity contribution < 1.29 is 38.5 Å². The van der Waals surface area contributed by atoms with E-state index in [1.165, 1.54) is 0 Å². The van der Waals surface area contributed by atoms with Gasteiger partial charge in [0.2, 0.25) is 11.8 Å². The van der Waals surface area contributed by atoms with Gasteiger partial charge < -0.3 is 35.3 Å². The minimum atomic E-state index is -1.03. The smallest absolute Gasteiger partial charge is 0.407 e. The Kier molecular flexibility index (Phi) is 16.0. The van der Waals surface area contributed by atoms with E-state index in [0.29, 0.717) is 25.2 Å². The third kappa shape index (κ3) is 12.9. The summed E-state index contributed by atoms with van der Waals surface area (Å²) in [5, 5.41) is 18.5. The summed E-state index contributed by atoms with van der Waals surface area (Å²) in [6, 6.07) is 31.8. The van der Waals surface area contributed by atoms with Gasteiger partial charge in [0.15, 0.2) is 0 Å². The van der Waals surface area contributed by atoms with Crippen LogP contribution in [0.4, 0.5) is 4.79 Å². The third-order valence-corrected chi connectivity index (χ3v) is 10.1. The molecule has 0 spiro atoms. The van der Waals surface area contributed by atoms with Gasteiger partial charge in [0.1, 0.15) is 31.6 Å². The average Bonchev–Trinajstić information content (AvgIpc) is 3.56. The van der Waals surface area contributed by atoms with Gasteiger partial charge in [-0.15, -0.1) is 13.2 Å². The molecule has 3 atom stereocenters. The van der Waals surface area contributed by atoms with E-state index >= 15 is 0 Å². The number of allylic oxidation sites excluding steroid dienone is 2. The van der Waals surface area contributed by atoms with Gasteiger partial charge in [-0.1, -0.05) is 103 Å². The highest BCUT2D eigenvalue weighted by atomic mass is 16.6. The zero-order valence-corrected chi connectivity index (χ0v) is 33.9. The number of fused-ring (bicyclic) bond motifs is 3. The lowest BCUT2D eigenvalue weighted by atomic mass is 9.97. The number of carbonyl (C=O) groups excluding carboxylic acids is 4. The number of nitrogens with one attached hydrogen (secondary N) is 3. The molecule has 11 heteroatoms. The molecule has 4 N–H and O–H groups in total. The summed E-state index contributed by atoms with van der Waals surface area (Å²) in [5.74, 6) is -1.71. The molecule has 0 aliphatic heterocycles.